The summed E-state index contributed by atoms with van der Waals surface area (Å²) in [5, 5.41) is 1.82. The number of Topliss-reactive ketones (excluding diaryl/α,β-unsaturated/α-hetero) is 1. The van der Waals surface area contributed by atoms with E-state index in [0.717, 1.165) is 29.8 Å². The van der Waals surface area contributed by atoms with Crippen molar-refractivity contribution in [2.75, 3.05) is 5.73 Å². The Morgan fingerprint density at radius 3 is 2.85 bits per heavy atom. The van der Waals surface area contributed by atoms with Gasteiger partial charge in [-0.3, -0.25) is 4.79 Å². The number of fused-ring (bicyclic) bond motifs is 1. The topological polar surface area (TPSA) is 100 Å². The minimum absolute atomic E-state index is 0.133. The van der Waals surface area contributed by atoms with Gasteiger partial charge in [-0.25, -0.2) is 14.8 Å². The van der Waals surface area contributed by atoms with Crippen molar-refractivity contribution in [3.8, 4) is 29.0 Å². The zero-order valence-electron chi connectivity index (χ0n) is 18.4. The maximum Gasteiger partial charge on any atom is 0.353 e. The molecular formula is C26H20N4O3S. The van der Waals surface area contributed by atoms with Crippen LogP contribution < -0.4 is 10.5 Å². The molecule has 0 atom stereocenters. The number of rotatable bonds is 3. The molecule has 0 saturated heterocycles. The Kier molecular flexibility index (Phi) is 5.70. The van der Waals surface area contributed by atoms with E-state index >= 15 is 0 Å². The summed E-state index contributed by atoms with van der Waals surface area (Å²) < 4.78 is 7.45. The Morgan fingerprint density at radius 1 is 1.18 bits per heavy atom. The fourth-order valence-corrected chi connectivity index (χ4v) is 4.57. The molecule has 2 N–H and O–H groups in total. The highest BCUT2D eigenvalue weighted by molar-refractivity contribution is 7.12. The van der Waals surface area contributed by atoms with E-state index in [1.54, 1.807) is 36.5 Å². The van der Waals surface area contributed by atoms with Crippen molar-refractivity contribution in [2.24, 2.45) is 7.05 Å². The molecule has 3 heterocycles. The number of benzene rings is 1. The van der Waals surface area contributed by atoms with E-state index in [4.69, 9.17) is 10.5 Å². The first-order chi connectivity index (χ1) is 16.5. The zero-order chi connectivity index (χ0) is 23.7. The Balaban J connectivity index is 1.47. The van der Waals surface area contributed by atoms with Crippen molar-refractivity contribution in [1.82, 2.24) is 14.5 Å². The molecule has 0 unspecified atom stereocenters. The number of hydrogen-bond donors (Lipinski definition) is 1. The quantitative estimate of drug-likeness (QED) is 0.274. The van der Waals surface area contributed by atoms with Crippen LogP contribution in [0.5, 0.6) is 5.75 Å². The van der Waals surface area contributed by atoms with Gasteiger partial charge >= 0.3 is 5.97 Å². The highest BCUT2D eigenvalue weighted by atomic mass is 32.1. The molecule has 0 amide bonds. The first-order valence-corrected chi connectivity index (χ1v) is 11.6. The molecule has 168 valence electrons. The lowest BCUT2D eigenvalue weighted by atomic mass is 9.96. The average Bonchev–Trinajstić information content (AvgIpc) is 3.48. The summed E-state index contributed by atoms with van der Waals surface area (Å²) in [5.74, 6) is 6.49. The monoisotopic (exact) mass is 468 g/mol. The first kappa shape index (κ1) is 21.6. The standard InChI is InChI=1S/C26H20N4O3S/c1-30-20-7-3-8-22(31)19(20)14-21(30)24-17(15-28-26(27)29-24)11-10-16-5-2-6-18(13-16)33-25(32)23-9-4-12-34-23/h2,4-6,9,12-15H,3,7-8H2,1H3,(H2,27,28,29). The van der Waals surface area contributed by atoms with Crippen LogP contribution in [0, 0.1) is 11.8 Å². The van der Waals surface area contributed by atoms with Crippen LogP contribution in [0.3, 0.4) is 0 Å². The van der Waals surface area contributed by atoms with Crippen LogP contribution >= 0.6 is 11.3 Å². The minimum atomic E-state index is -0.406. The predicted molar refractivity (Wildman–Crippen MR) is 130 cm³/mol. The van der Waals surface area contributed by atoms with Gasteiger partial charge in [-0.2, -0.15) is 0 Å². The lowest BCUT2D eigenvalue weighted by molar-refractivity contribution is 0.0739. The number of ether oxygens (including phenoxy) is 1. The number of hydrogen-bond acceptors (Lipinski definition) is 7. The zero-order valence-corrected chi connectivity index (χ0v) is 19.2. The molecular weight excluding hydrogens is 448 g/mol. The van der Waals surface area contributed by atoms with Crippen LogP contribution in [0.25, 0.3) is 11.4 Å². The Bertz CT molecular complexity index is 1480. The highest BCUT2D eigenvalue weighted by Crippen LogP contribution is 2.31. The maximum absolute atomic E-state index is 12.4. The van der Waals surface area contributed by atoms with Gasteiger partial charge in [0.15, 0.2) is 5.78 Å². The second-order valence-corrected chi connectivity index (χ2v) is 8.81. The van der Waals surface area contributed by atoms with Gasteiger partial charge in [-0.1, -0.05) is 24.0 Å². The number of anilines is 1. The Hall–Kier alpha value is -4.22. The molecule has 34 heavy (non-hydrogen) atoms. The van der Waals surface area contributed by atoms with Crippen LogP contribution in [0.2, 0.25) is 0 Å². The van der Waals surface area contributed by atoms with Crippen LogP contribution in [-0.2, 0) is 13.5 Å². The van der Waals surface area contributed by atoms with Gasteiger partial charge in [0.2, 0.25) is 5.95 Å². The molecule has 8 heteroatoms. The van der Waals surface area contributed by atoms with E-state index < -0.39 is 5.97 Å². The molecule has 0 fully saturated rings. The van der Waals surface area contributed by atoms with Crippen LogP contribution in [0.1, 0.15) is 49.7 Å². The molecule has 4 aromatic rings. The molecule has 1 aliphatic rings. The minimum Gasteiger partial charge on any atom is -0.422 e. The van der Waals surface area contributed by atoms with Gasteiger partial charge < -0.3 is 15.0 Å². The number of ketones is 1. The van der Waals surface area contributed by atoms with Gasteiger partial charge in [0, 0.05) is 36.5 Å². The third kappa shape index (κ3) is 4.21. The van der Waals surface area contributed by atoms with Crippen molar-refractivity contribution in [2.45, 2.75) is 19.3 Å². The number of carbonyl (C=O) groups is 2. The molecule has 0 spiro atoms. The summed E-state index contributed by atoms with van der Waals surface area (Å²) in [6.45, 7) is 0. The molecule has 7 nitrogen and oxygen atoms in total. The second-order valence-electron chi connectivity index (χ2n) is 7.86. The molecule has 1 aliphatic carbocycles. The van der Waals surface area contributed by atoms with Crippen molar-refractivity contribution in [3.63, 3.8) is 0 Å². The molecule has 3 aromatic heterocycles. The van der Waals surface area contributed by atoms with Crippen LogP contribution in [0.4, 0.5) is 5.95 Å². The van der Waals surface area contributed by atoms with E-state index in [0.29, 0.717) is 33.9 Å². The van der Waals surface area contributed by atoms with E-state index in [9.17, 15) is 9.59 Å². The number of nitrogens with two attached hydrogens (primary N) is 1. The highest BCUT2D eigenvalue weighted by Gasteiger charge is 2.24. The van der Waals surface area contributed by atoms with Crippen molar-refractivity contribution in [3.05, 3.63) is 81.3 Å². The van der Waals surface area contributed by atoms with E-state index in [2.05, 4.69) is 21.8 Å². The van der Waals surface area contributed by atoms with Crippen molar-refractivity contribution < 1.29 is 14.3 Å². The predicted octanol–water partition coefficient (Wildman–Crippen LogP) is 4.26. The molecule has 0 radical (unpaired) electrons. The van der Waals surface area contributed by atoms with E-state index in [1.165, 1.54) is 11.3 Å². The summed E-state index contributed by atoms with van der Waals surface area (Å²) in [4.78, 5) is 33.7. The van der Waals surface area contributed by atoms with E-state index in [-0.39, 0.29) is 11.7 Å². The Labute approximate surface area is 200 Å². The summed E-state index contributed by atoms with van der Waals surface area (Å²) in [5.41, 5.74) is 10.2. The van der Waals surface area contributed by atoms with Gasteiger partial charge in [0.1, 0.15) is 16.3 Å². The van der Waals surface area contributed by atoms with Crippen LogP contribution in [-0.4, -0.2) is 26.3 Å². The normalized spacial score (nSPS) is 12.6. The first-order valence-electron chi connectivity index (χ1n) is 10.7. The number of thiophene rings is 1. The van der Waals surface area contributed by atoms with E-state index in [1.807, 2.05) is 29.1 Å². The number of nitrogen functional groups attached to an aromatic ring is 1. The number of nitrogens with zero attached hydrogens (tertiary/aromatic N) is 3. The largest absolute Gasteiger partial charge is 0.422 e. The van der Waals surface area contributed by atoms with Crippen LogP contribution in [0.15, 0.2) is 54.0 Å². The fraction of sp³-hybridized carbons (Fsp3) is 0.154. The number of carbonyl (C=O) groups excluding carboxylic acids is 2. The molecule has 0 aliphatic heterocycles. The van der Waals surface area contributed by atoms with Gasteiger partial charge in [-0.15, -0.1) is 11.3 Å². The smallest absolute Gasteiger partial charge is 0.353 e. The van der Waals surface area contributed by atoms with Crippen molar-refractivity contribution >= 4 is 29.0 Å². The molecule has 0 bridgehead atoms. The third-order valence-corrected chi connectivity index (χ3v) is 6.48. The summed E-state index contributed by atoms with van der Waals surface area (Å²) in [7, 11) is 1.92. The van der Waals surface area contributed by atoms with Gasteiger partial charge in [-0.05, 0) is 48.6 Å². The molecule has 0 saturated carbocycles. The van der Waals surface area contributed by atoms with Crippen molar-refractivity contribution in [1.29, 1.82) is 0 Å². The fourth-order valence-electron chi connectivity index (χ4n) is 3.98. The number of aromatic nitrogens is 3. The summed E-state index contributed by atoms with van der Waals surface area (Å²) in [6.07, 6.45) is 3.83. The summed E-state index contributed by atoms with van der Waals surface area (Å²) in [6, 6.07) is 12.4. The Morgan fingerprint density at radius 2 is 2.06 bits per heavy atom. The number of esters is 1. The SMILES string of the molecule is Cn1c(-c2nc(N)ncc2C#Cc2cccc(OC(=O)c3cccs3)c2)cc2c1CCCC2=O. The van der Waals surface area contributed by atoms with Gasteiger partial charge in [0.05, 0.1) is 11.3 Å². The lowest BCUT2D eigenvalue weighted by Gasteiger charge is -2.13. The third-order valence-electron chi connectivity index (χ3n) is 5.63. The second kappa shape index (κ2) is 8.96. The lowest BCUT2D eigenvalue weighted by Crippen LogP contribution is -2.11. The van der Waals surface area contributed by atoms with Gasteiger partial charge in [0.25, 0.3) is 0 Å². The summed E-state index contributed by atoms with van der Waals surface area (Å²) >= 11 is 1.32. The molecule has 1 aromatic carbocycles. The maximum atomic E-state index is 12.4. The average molecular weight is 469 g/mol. The molecule has 5 rings (SSSR count).